The molecule has 0 spiro atoms. The van der Waals surface area contributed by atoms with Crippen molar-refractivity contribution in [2.75, 3.05) is 6.61 Å². The Morgan fingerprint density at radius 3 is 2.15 bits per heavy atom. The van der Waals surface area contributed by atoms with E-state index < -0.39 is 0 Å². The second-order valence-electron chi connectivity index (χ2n) is 6.72. The molecule has 1 aromatic rings. The van der Waals surface area contributed by atoms with Gasteiger partial charge in [-0.2, -0.15) is 0 Å². The highest BCUT2D eigenvalue weighted by atomic mass is 16.5. The molecule has 0 atom stereocenters. The molecular weight excluding hydrogens is 246 g/mol. The summed E-state index contributed by atoms with van der Waals surface area (Å²) in [5, 5.41) is 3.53. The molecule has 1 rings (SSSR count). The van der Waals surface area contributed by atoms with Crippen molar-refractivity contribution in [1.82, 2.24) is 5.32 Å². The first-order valence-electron chi connectivity index (χ1n) is 7.81. The average Bonchev–Trinajstić information content (AvgIpc) is 2.34. The van der Waals surface area contributed by atoms with E-state index in [0.29, 0.717) is 0 Å². The van der Waals surface area contributed by atoms with Crippen LogP contribution in [-0.4, -0.2) is 12.1 Å². The maximum atomic E-state index is 5.95. The van der Waals surface area contributed by atoms with Crippen molar-refractivity contribution in [3.63, 3.8) is 0 Å². The van der Waals surface area contributed by atoms with Gasteiger partial charge < -0.3 is 10.1 Å². The first-order valence-corrected chi connectivity index (χ1v) is 7.81. The first-order chi connectivity index (χ1) is 9.33. The smallest absolute Gasteiger partial charge is 0.125 e. The summed E-state index contributed by atoms with van der Waals surface area (Å²) in [6, 6.07) is 4.47. The molecule has 0 saturated heterocycles. The molecule has 20 heavy (non-hydrogen) atoms. The zero-order valence-electron chi connectivity index (χ0n) is 14.1. The van der Waals surface area contributed by atoms with Crippen LogP contribution in [0.2, 0.25) is 0 Å². The lowest BCUT2D eigenvalue weighted by atomic mass is 10.0. The monoisotopic (exact) mass is 277 g/mol. The molecule has 1 N–H and O–H groups in total. The van der Waals surface area contributed by atoms with Crippen molar-refractivity contribution >= 4 is 0 Å². The van der Waals surface area contributed by atoms with Gasteiger partial charge in [0.25, 0.3) is 0 Å². The van der Waals surface area contributed by atoms with Crippen LogP contribution in [0, 0.1) is 13.8 Å². The Morgan fingerprint density at radius 2 is 1.65 bits per heavy atom. The lowest BCUT2D eigenvalue weighted by Gasteiger charge is -2.21. The molecule has 0 saturated carbocycles. The Kier molecular flexibility index (Phi) is 6.54. The molecule has 0 fully saturated rings. The van der Waals surface area contributed by atoms with Crippen LogP contribution in [-0.2, 0) is 6.54 Å². The fourth-order valence-corrected chi connectivity index (χ4v) is 2.26. The number of hydrogen-bond donors (Lipinski definition) is 1. The minimum atomic E-state index is 0.150. The van der Waals surface area contributed by atoms with Crippen LogP contribution in [0.3, 0.4) is 0 Å². The topological polar surface area (TPSA) is 21.3 Å². The number of hydrogen-bond acceptors (Lipinski definition) is 2. The standard InChI is InChI=1S/C18H31NO/c1-7-8-9-10-20-17-14(2)11-16(12-15(17)3)13-19-18(4,5)6/h11-12,19H,7-10,13H2,1-6H3. The van der Waals surface area contributed by atoms with E-state index in [4.69, 9.17) is 4.74 Å². The Labute approximate surface area is 124 Å². The van der Waals surface area contributed by atoms with Gasteiger partial charge in [0.2, 0.25) is 0 Å². The van der Waals surface area contributed by atoms with E-state index in [2.05, 4.69) is 59.0 Å². The van der Waals surface area contributed by atoms with Crippen molar-refractivity contribution in [1.29, 1.82) is 0 Å². The molecule has 114 valence electrons. The number of nitrogens with one attached hydrogen (secondary N) is 1. The molecule has 0 unspecified atom stereocenters. The number of ether oxygens (including phenoxy) is 1. The van der Waals surface area contributed by atoms with Gasteiger partial charge in [-0.25, -0.2) is 0 Å². The average molecular weight is 277 g/mol. The predicted molar refractivity (Wildman–Crippen MR) is 87.5 cm³/mol. The highest BCUT2D eigenvalue weighted by Crippen LogP contribution is 2.25. The van der Waals surface area contributed by atoms with Gasteiger partial charge in [-0.15, -0.1) is 0 Å². The first kappa shape index (κ1) is 17.0. The summed E-state index contributed by atoms with van der Waals surface area (Å²) in [7, 11) is 0. The van der Waals surface area contributed by atoms with Crippen LogP contribution >= 0.6 is 0 Å². The van der Waals surface area contributed by atoms with Gasteiger partial charge in [0, 0.05) is 12.1 Å². The van der Waals surface area contributed by atoms with Crippen molar-refractivity contribution in [2.24, 2.45) is 0 Å². The van der Waals surface area contributed by atoms with Gasteiger partial charge in [-0.1, -0.05) is 31.9 Å². The normalized spacial score (nSPS) is 11.7. The maximum Gasteiger partial charge on any atom is 0.125 e. The number of unbranched alkanes of at least 4 members (excludes halogenated alkanes) is 2. The number of benzene rings is 1. The number of aryl methyl sites for hydroxylation is 2. The Morgan fingerprint density at radius 1 is 1.05 bits per heavy atom. The predicted octanol–water partition coefficient (Wildman–Crippen LogP) is 4.76. The van der Waals surface area contributed by atoms with E-state index in [0.717, 1.165) is 25.3 Å². The molecule has 0 aliphatic rings. The van der Waals surface area contributed by atoms with Crippen LogP contribution in [0.15, 0.2) is 12.1 Å². The molecule has 0 aliphatic carbocycles. The van der Waals surface area contributed by atoms with Crippen molar-refractivity contribution in [3.05, 3.63) is 28.8 Å². The molecular formula is C18H31NO. The lowest BCUT2D eigenvalue weighted by molar-refractivity contribution is 0.302. The molecule has 2 nitrogen and oxygen atoms in total. The molecule has 2 heteroatoms. The molecule has 0 aromatic heterocycles. The minimum absolute atomic E-state index is 0.150. The number of rotatable bonds is 7. The van der Waals surface area contributed by atoms with Crippen molar-refractivity contribution in [3.8, 4) is 5.75 Å². The van der Waals surface area contributed by atoms with Crippen LogP contribution < -0.4 is 10.1 Å². The molecule has 0 radical (unpaired) electrons. The fraction of sp³-hybridized carbons (Fsp3) is 0.667. The molecule has 1 aromatic carbocycles. The minimum Gasteiger partial charge on any atom is -0.493 e. The third-order valence-electron chi connectivity index (χ3n) is 3.34. The SMILES string of the molecule is CCCCCOc1c(C)cc(CNC(C)(C)C)cc1C. The quantitative estimate of drug-likeness (QED) is 0.725. The third-order valence-corrected chi connectivity index (χ3v) is 3.34. The van der Waals surface area contributed by atoms with Gasteiger partial charge in [0.05, 0.1) is 6.61 Å². The van der Waals surface area contributed by atoms with E-state index in [1.54, 1.807) is 0 Å². The van der Waals surface area contributed by atoms with E-state index in [1.807, 2.05) is 0 Å². The molecule has 0 bridgehead atoms. The summed E-state index contributed by atoms with van der Waals surface area (Å²) >= 11 is 0. The Balaban J connectivity index is 2.66. The maximum absolute atomic E-state index is 5.95. The van der Waals surface area contributed by atoms with Gasteiger partial charge >= 0.3 is 0 Å². The van der Waals surface area contributed by atoms with Crippen LogP contribution in [0.4, 0.5) is 0 Å². The highest BCUT2D eigenvalue weighted by molar-refractivity contribution is 5.43. The van der Waals surface area contributed by atoms with E-state index >= 15 is 0 Å². The third kappa shape index (κ3) is 5.96. The fourth-order valence-electron chi connectivity index (χ4n) is 2.26. The Hall–Kier alpha value is -1.02. The van der Waals surface area contributed by atoms with Crippen LogP contribution in [0.5, 0.6) is 5.75 Å². The second kappa shape index (κ2) is 7.68. The molecule has 0 aliphatic heterocycles. The van der Waals surface area contributed by atoms with Crippen LogP contribution in [0.25, 0.3) is 0 Å². The zero-order chi connectivity index (χ0) is 15.2. The second-order valence-corrected chi connectivity index (χ2v) is 6.72. The summed E-state index contributed by atoms with van der Waals surface area (Å²) in [5.74, 6) is 1.07. The van der Waals surface area contributed by atoms with Crippen molar-refractivity contribution in [2.45, 2.75) is 72.9 Å². The van der Waals surface area contributed by atoms with E-state index in [-0.39, 0.29) is 5.54 Å². The largest absolute Gasteiger partial charge is 0.493 e. The molecule has 0 amide bonds. The lowest BCUT2D eigenvalue weighted by Crippen LogP contribution is -2.35. The van der Waals surface area contributed by atoms with Gasteiger partial charge in [0.15, 0.2) is 0 Å². The summed E-state index contributed by atoms with van der Waals surface area (Å²) in [5.41, 5.74) is 3.96. The summed E-state index contributed by atoms with van der Waals surface area (Å²) in [6.07, 6.45) is 3.62. The molecule has 0 heterocycles. The van der Waals surface area contributed by atoms with Crippen LogP contribution in [0.1, 0.15) is 63.6 Å². The summed E-state index contributed by atoms with van der Waals surface area (Å²) in [6.45, 7) is 14.8. The zero-order valence-corrected chi connectivity index (χ0v) is 14.1. The van der Waals surface area contributed by atoms with Gasteiger partial charge in [-0.05, 0) is 57.7 Å². The van der Waals surface area contributed by atoms with Gasteiger partial charge in [0.1, 0.15) is 5.75 Å². The van der Waals surface area contributed by atoms with Crippen molar-refractivity contribution < 1.29 is 4.74 Å². The highest BCUT2D eigenvalue weighted by Gasteiger charge is 2.11. The summed E-state index contributed by atoms with van der Waals surface area (Å²) in [4.78, 5) is 0. The Bertz CT molecular complexity index is 395. The van der Waals surface area contributed by atoms with Gasteiger partial charge in [-0.3, -0.25) is 0 Å². The van der Waals surface area contributed by atoms with E-state index in [9.17, 15) is 0 Å². The summed E-state index contributed by atoms with van der Waals surface area (Å²) < 4.78 is 5.95. The van der Waals surface area contributed by atoms with E-state index in [1.165, 1.54) is 29.5 Å².